The van der Waals surface area contributed by atoms with Crippen LogP contribution in [-0.2, 0) is 22.7 Å². The number of hydrogen-bond acceptors (Lipinski definition) is 3. The van der Waals surface area contributed by atoms with E-state index in [0.717, 1.165) is 11.1 Å². The summed E-state index contributed by atoms with van der Waals surface area (Å²) in [4.78, 5) is 11.0. The summed E-state index contributed by atoms with van der Waals surface area (Å²) in [6, 6.07) is 7.88. The van der Waals surface area contributed by atoms with Gasteiger partial charge in [0, 0.05) is 13.2 Å². The molecule has 1 aromatic carbocycles. The van der Waals surface area contributed by atoms with Gasteiger partial charge in [0.25, 0.3) is 0 Å². The Bertz CT molecular complexity index is 340. The van der Waals surface area contributed by atoms with E-state index in [1.54, 1.807) is 0 Å². The molecule has 1 rings (SSSR count). The fraction of sp³-hybridized carbons (Fsp3) is 0.417. The van der Waals surface area contributed by atoms with Crippen LogP contribution >= 0.6 is 0 Å². The van der Waals surface area contributed by atoms with Crippen LogP contribution in [0, 0.1) is 0 Å². The minimum Gasteiger partial charge on any atom is -0.377 e. The fourth-order valence-electron chi connectivity index (χ4n) is 1.35. The molecule has 0 heterocycles. The summed E-state index contributed by atoms with van der Waals surface area (Å²) >= 11 is 0. The monoisotopic (exact) mass is 222 g/mol. The Hall–Kier alpha value is -1.39. The molecule has 0 unspecified atom stereocenters. The van der Waals surface area contributed by atoms with Gasteiger partial charge in [-0.25, -0.2) is 0 Å². The van der Waals surface area contributed by atoms with Crippen molar-refractivity contribution in [3.8, 4) is 0 Å². The second-order valence-corrected chi connectivity index (χ2v) is 3.39. The van der Waals surface area contributed by atoms with Crippen LogP contribution in [0.3, 0.4) is 0 Å². The van der Waals surface area contributed by atoms with Crippen molar-refractivity contribution in [3.63, 3.8) is 0 Å². The number of amides is 1. The van der Waals surface area contributed by atoms with Crippen molar-refractivity contribution in [1.82, 2.24) is 5.32 Å². The van der Waals surface area contributed by atoms with Crippen LogP contribution in [0.2, 0.25) is 0 Å². The largest absolute Gasteiger partial charge is 0.377 e. The standard InChI is InChI=1S/C12H18N2O2/c1-2-16-9-11-6-4-3-5-10(11)8-14-12(15)7-13/h3-6H,2,7-9,13H2,1H3,(H,14,15). The molecule has 0 aliphatic rings. The zero-order chi connectivity index (χ0) is 11.8. The first-order valence-electron chi connectivity index (χ1n) is 5.39. The molecule has 0 saturated carbocycles. The molecule has 4 heteroatoms. The minimum atomic E-state index is -0.147. The summed E-state index contributed by atoms with van der Waals surface area (Å²) in [7, 11) is 0. The van der Waals surface area contributed by atoms with Crippen molar-refractivity contribution in [1.29, 1.82) is 0 Å². The van der Waals surface area contributed by atoms with E-state index < -0.39 is 0 Å². The third-order valence-corrected chi connectivity index (χ3v) is 2.24. The Morgan fingerprint density at radius 3 is 2.69 bits per heavy atom. The van der Waals surface area contributed by atoms with Gasteiger partial charge in [-0.2, -0.15) is 0 Å². The van der Waals surface area contributed by atoms with E-state index in [0.29, 0.717) is 19.8 Å². The van der Waals surface area contributed by atoms with Crippen LogP contribution in [0.1, 0.15) is 18.1 Å². The van der Waals surface area contributed by atoms with Crippen LogP contribution in [0.5, 0.6) is 0 Å². The number of benzene rings is 1. The molecule has 0 aliphatic heterocycles. The molecule has 3 N–H and O–H groups in total. The molecule has 0 saturated heterocycles. The average molecular weight is 222 g/mol. The Balaban J connectivity index is 2.59. The van der Waals surface area contributed by atoms with E-state index in [-0.39, 0.29) is 12.5 Å². The van der Waals surface area contributed by atoms with Crippen molar-refractivity contribution in [2.45, 2.75) is 20.1 Å². The smallest absolute Gasteiger partial charge is 0.234 e. The zero-order valence-corrected chi connectivity index (χ0v) is 9.53. The van der Waals surface area contributed by atoms with Crippen molar-refractivity contribution >= 4 is 5.91 Å². The van der Waals surface area contributed by atoms with E-state index in [1.807, 2.05) is 31.2 Å². The van der Waals surface area contributed by atoms with E-state index >= 15 is 0 Å². The lowest BCUT2D eigenvalue weighted by Crippen LogP contribution is -2.30. The molecule has 0 fully saturated rings. The second-order valence-electron chi connectivity index (χ2n) is 3.39. The summed E-state index contributed by atoms with van der Waals surface area (Å²) in [6.45, 7) is 3.74. The van der Waals surface area contributed by atoms with Gasteiger partial charge in [-0.3, -0.25) is 4.79 Å². The van der Waals surface area contributed by atoms with Crippen molar-refractivity contribution in [2.75, 3.05) is 13.2 Å². The number of hydrogen-bond donors (Lipinski definition) is 2. The van der Waals surface area contributed by atoms with Crippen LogP contribution < -0.4 is 11.1 Å². The highest BCUT2D eigenvalue weighted by Gasteiger charge is 2.03. The van der Waals surface area contributed by atoms with E-state index in [9.17, 15) is 4.79 Å². The van der Waals surface area contributed by atoms with Gasteiger partial charge in [-0.05, 0) is 18.1 Å². The Labute approximate surface area is 95.8 Å². The van der Waals surface area contributed by atoms with Crippen LogP contribution in [0.15, 0.2) is 24.3 Å². The number of carbonyl (C=O) groups excluding carboxylic acids is 1. The second kappa shape index (κ2) is 6.98. The van der Waals surface area contributed by atoms with Gasteiger partial charge in [-0.15, -0.1) is 0 Å². The SMILES string of the molecule is CCOCc1ccccc1CNC(=O)CN. The van der Waals surface area contributed by atoms with E-state index in [4.69, 9.17) is 10.5 Å². The molecule has 0 aliphatic carbocycles. The number of rotatable bonds is 6. The van der Waals surface area contributed by atoms with E-state index in [1.165, 1.54) is 0 Å². The number of nitrogens with one attached hydrogen (secondary N) is 1. The van der Waals surface area contributed by atoms with Crippen molar-refractivity contribution in [2.24, 2.45) is 5.73 Å². The summed E-state index contributed by atoms with van der Waals surface area (Å²) in [6.07, 6.45) is 0. The lowest BCUT2D eigenvalue weighted by Gasteiger charge is -2.10. The predicted molar refractivity (Wildman–Crippen MR) is 62.7 cm³/mol. The first-order chi connectivity index (χ1) is 7.77. The highest BCUT2D eigenvalue weighted by atomic mass is 16.5. The maximum atomic E-state index is 11.0. The summed E-state index contributed by atoms with van der Waals surface area (Å²) in [5.74, 6) is -0.147. The third kappa shape index (κ3) is 4.00. The fourth-order valence-corrected chi connectivity index (χ4v) is 1.35. The van der Waals surface area contributed by atoms with Crippen LogP contribution in [-0.4, -0.2) is 19.1 Å². The molecule has 0 spiro atoms. The van der Waals surface area contributed by atoms with E-state index in [2.05, 4.69) is 5.32 Å². The molecular weight excluding hydrogens is 204 g/mol. The minimum absolute atomic E-state index is 0.0215. The van der Waals surface area contributed by atoms with Gasteiger partial charge in [0.2, 0.25) is 5.91 Å². The van der Waals surface area contributed by atoms with Gasteiger partial charge in [0.1, 0.15) is 0 Å². The van der Waals surface area contributed by atoms with Gasteiger partial charge in [0.05, 0.1) is 13.2 Å². The van der Waals surface area contributed by atoms with Gasteiger partial charge < -0.3 is 15.8 Å². The van der Waals surface area contributed by atoms with Gasteiger partial charge >= 0.3 is 0 Å². The predicted octanol–water partition coefficient (Wildman–Crippen LogP) is 0.798. The summed E-state index contributed by atoms with van der Waals surface area (Å²) < 4.78 is 5.36. The molecule has 0 atom stereocenters. The third-order valence-electron chi connectivity index (χ3n) is 2.24. The first kappa shape index (κ1) is 12.7. The molecule has 0 bridgehead atoms. The van der Waals surface area contributed by atoms with Crippen LogP contribution in [0.4, 0.5) is 0 Å². The highest BCUT2D eigenvalue weighted by molar-refractivity contribution is 5.77. The van der Waals surface area contributed by atoms with Crippen molar-refractivity contribution < 1.29 is 9.53 Å². The lowest BCUT2D eigenvalue weighted by molar-refractivity contribution is -0.119. The Morgan fingerprint density at radius 2 is 2.06 bits per heavy atom. The quantitative estimate of drug-likeness (QED) is 0.748. The summed E-state index contributed by atoms with van der Waals surface area (Å²) in [5.41, 5.74) is 7.38. The molecule has 0 radical (unpaired) electrons. The maximum absolute atomic E-state index is 11.0. The van der Waals surface area contributed by atoms with Gasteiger partial charge in [-0.1, -0.05) is 24.3 Å². The Morgan fingerprint density at radius 1 is 1.38 bits per heavy atom. The molecular formula is C12H18N2O2. The molecule has 88 valence electrons. The average Bonchev–Trinajstić information content (AvgIpc) is 2.34. The highest BCUT2D eigenvalue weighted by Crippen LogP contribution is 2.09. The normalized spacial score (nSPS) is 10.1. The molecule has 1 amide bonds. The summed E-state index contributed by atoms with van der Waals surface area (Å²) in [5, 5.41) is 2.75. The van der Waals surface area contributed by atoms with Crippen molar-refractivity contribution in [3.05, 3.63) is 35.4 Å². The molecule has 1 aromatic rings. The number of carbonyl (C=O) groups is 1. The van der Waals surface area contributed by atoms with Gasteiger partial charge in [0.15, 0.2) is 0 Å². The Kier molecular flexibility index (Phi) is 5.53. The zero-order valence-electron chi connectivity index (χ0n) is 9.53. The number of ether oxygens (including phenoxy) is 1. The van der Waals surface area contributed by atoms with Crippen LogP contribution in [0.25, 0.3) is 0 Å². The first-order valence-corrected chi connectivity index (χ1v) is 5.39. The number of nitrogens with two attached hydrogens (primary N) is 1. The molecule has 4 nitrogen and oxygen atoms in total. The maximum Gasteiger partial charge on any atom is 0.234 e. The topological polar surface area (TPSA) is 64.3 Å². The molecule has 0 aromatic heterocycles. The molecule has 16 heavy (non-hydrogen) atoms. The lowest BCUT2D eigenvalue weighted by atomic mass is 10.1.